The van der Waals surface area contributed by atoms with Crippen LogP contribution in [0.15, 0.2) is 52.3 Å². The fraction of sp³-hybridized carbons (Fsp3) is 0.440. The molecule has 1 amide bonds. The van der Waals surface area contributed by atoms with Crippen LogP contribution in [-0.4, -0.2) is 34.9 Å². The number of phenols is 1. The highest BCUT2D eigenvalue weighted by Gasteiger charge is 2.54. The quantitative estimate of drug-likeness (QED) is 0.778. The Morgan fingerprint density at radius 1 is 1.19 bits per heavy atom. The zero-order valence-corrected chi connectivity index (χ0v) is 18.4. The maximum absolute atomic E-state index is 13.8. The van der Waals surface area contributed by atoms with Crippen LogP contribution in [0.3, 0.4) is 0 Å². The van der Waals surface area contributed by atoms with Crippen LogP contribution in [0.4, 0.5) is 0 Å². The van der Waals surface area contributed by atoms with Gasteiger partial charge < -0.3 is 23.9 Å². The Balaban J connectivity index is 1.61. The molecule has 2 aromatic rings. The molecular formula is C25H27NO6. The van der Waals surface area contributed by atoms with Gasteiger partial charge >= 0.3 is 0 Å². The van der Waals surface area contributed by atoms with Crippen molar-refractivity contribution in [3.05, 3.63) is 59.3 Å². The van der Waals surface area contributed by atoms with Crippen molar-refractivity contribution in [2.75, 3.05) is 7.11 Å². The molecule has 1 saturated carbocycles. The number of hydrogen-bond acceptors (Lipinski definition) is 6. The van der Waals surface area contributed by atoms with Crippen molar-refractivity contribution < 1.29 is 28.6 Å². The van der Waals surface area contributed by atoms with E-state index in [9.17, 15) is 14.7 Å². The van der Waals surface area contributed by atoms with Gasteiger partial charge in [-0.25, -0.2) is 0 Å². The summed E-state index contributed by atoms with van der Waals surface area (Å²) in [4.78, 5) is 29.0. The van der Waals surface area contributed by atoms with Crippen LogP contribution < -0.4 is 4.74 Å². The molecule has 32 heavy (non-hydrogen) atoms. The first-order valence-electron chi connectivity index (χ1n) is 11.0. The average Bonchev–Trinajstić information content (AvgIpc) is 3.36. The van der Waals surface area contributed by atoms with Gasteiger partial charge in [-0.3, -0.25) is 9.59 Å². The maximum Gasteiger partial charge on any atom is 0.290 e. The Labute approximate surface area is 186 Å². The van der Waals surface area contributed by atoms with Crippen molar-refractivity contribution >= 4 is 11.7 Å². The smallest absolute Gasteiger partial charge is 0.290 e. The zero-order valence-electron chi connectivity index (χ0n) is 18.4. The molecule has 5 atom stereocenters. The topological polar surface area (TPSA) is 89.2 Å². The van der Waals surface area contributed by atoms with Crippen LogP contribution in [0.25, 0.3) is 0 Å². The van der Waals surface area contributed by atoms with Crippen molar-refractivity contribution in [1.29, 1.82) is 0 Å². The van der Waals surface area contributed by atoms with Crippen LogP contribution in [0.5, 0.6) is 11.5 Å². The number of nitrogens with zero attached hydrogens (tertiary/aromatic N) is 1. The lowest BCUT2D eigenvalue weighted by Gasteiger charge is -2.41. The number of methoxy groups -OCH3 is 1. The van der Waals surface area contributed by atoms with E-state index in [0.717, 1.165) is 12.8 Å². The Bertz CT molecular complexity index is 1090. The molecule has 1 aromatic heterocycles. The standard InChI is InChI=1S/C25H27NO6/c1-13-9-14(2)20-19(10-13)32-24-21(23(20)28)22(15-6-7-17(27)18(11-15)30-3)26(25(24)29)12-16-5-4-8-31-16/h4-8,11,13-14,19-20,22,27H,9-10,12H2,1-3H3. The second kappa shape index (κ2) is 7.73. The number of benzene rings is 1. The molecule has 5 rings (SSSR count). The minimum absolute atomic E-state index is 0.00599. The molecule has 0 bridgehead atoms. The van der Waals surface area contributed by atoms with Crippen LogP contribution in [0.1, 0.15) is 44.1 Å². The van der Waals surface area contributed by atoms with Gasteiger partial charge in [-0.1, -0.05) is 19.9 Å². The lowest BCUT2D eigenvalue weighted by molar-refractivity contribution is -0.138. The summed E-state index contributed by atoms with van der Waals surface area (Å²) in [5.41, 5.74) is 1.08. The third kappa shape index (κ3) is 3.18. The number of phenolic OH excluding ortho intramolecular Hbond substituents is 1. The van der Waals surface area contributed by atoms with Gasteiger partial charge in [0.25, 0.3) is 5.91 Å². The summed E-state index contributed by atoms with van der Waals surface area (Å²) in [6, 6.07) is 7.82. The van der Waals surface area contributed by atoms with E-state index in [1.54, 1.807) is 35.4 Å². The van der Waals surface area contributed by atoms with Gasteiger partial charge in [0.2, 0.25) is 0 Å². The highest BCUT2D eigenvalue weighted by atomic mass is 16.5. The third-order valence-electron chi connectivity index (χ3n) is 6.97. The number of aromatic hydroxyl groups is 1. The second-order valence-corrected chi connectivity index (χ2v) is 9.19. The van der Waals surface area contributed by atoms with Crippen LogP contribution in [0, 0.1) is 17.8 Å². The monoisotopic (exact) mass is 437 g/mol. The summed E-state index contributed by atoms with van der Waals surface area (Å²) in [7, 11) is 1.47. The normalized spacial score (nSPS) is 29.6. The number of fused-ring (bicyclic) bond motifs is 1. The first-order chi connectivity index (χ1) is 15.4. The highest BCUT2D eigenvalue weighted by molar-refractivity contribution is 6.11. The van der Waals surface area contributed by atoms with Gasteiger partial charge in [0.15, 0.2) is 23.0 Å². The number of Topliss-reactive ketones (excluding diaryl/α,β-unsaturated/α-hetero) is 1. The Kier molecular flexibility index (Phi) is 4.99. The van der Waals surface area contributed by atoms with Gasteiger partial charge in [0.1, 0.15) is 11.9 Å². The molecule has 1 N–H and O–H groups in total. The molecule has 0 saturated heterocycles. The number of ether oxygens (including phenoxy) is 2. The van der Waals surface area contributed by atoms with Gasteiger partial charge in [-0.05, 0) is 54.5 Å². The molecule has 5 unspecified atom stereocenters. The fourth-order valence-corrected chi connectivity index (χ4v) is 5.61. The molecule has 1 aromatic carbocycles. The molecule has 7 nitrogen and oxygen atoms in total. The Morgan fingerprint density at radius 2 is 2.00 bits per heavy atom. The van der Waals surface area contributed by atoms with E-state index in [1.165, 1.54) is 13.2 Å². The van der Waals surface area contributed by atoms with Crippen molar-refractivity contribution in [1.82, 2.24) is 4.90 Å². The number of rotatable bonds is 4. The summed E-state index contributed by atoms with van der Waals surface area (Å²) in [6.45, 7) is 4.45. The predicted octanol–water partition coefficient (Wildman–Crippen LogP) is 3.98. The van der Waals surface area contributed by atoms with Gasteiger partial charge in [0, 0.05) is 0 Å². The minimum atomic E-state index is -0.642. The van der Waals surface area contributed by atoms with Crippen molar-refractivity contribution in [3.8, 4) is 11.5 Å². The van der Waals surface area contributed by atoms with Crippen LogP contribution in [0.2, 0.25) is 0 Å². The molecule has 3 aliphatic rings. The van der Waals surface area contributed by atoms with Crippen molar-refractivity contribution in [3.63, 3.8) is 0 Å². The van der Waals surface area contributed by atoms with Gasteiger partial charge in [0.05, 0.1) is 37.5 Å². The number of carbonyl (C=O) groups excluding carboxylic acids is 2. The molecule has 7 heteroatoms. The van der Waals surface area contributed by atoms with Crippen molar-refractivity contribution in [2.24, 2.45) is 17.8 Å². The fourth-order valence-electron chi connectivity index (χ4n) is 5.61. The van der Waals surface area contributed by atoms with E-state index in [-0.39, 0.29) is 53.4 Å². The molecule has 0 radical (unpaired) electrons. The Morgan fingerprint density at radius 3 is 2.72 bits per heavy atom. The number of hydrogen-bond donors (Lipinski definition) is 1. The van der Waals surface area contributed by atoms with Crippen molar-refractivity contribution in [2.45, 2.75) is 45.4 Å². The van der Waals surface area contributed by atoms with Crippen LogP contribution >= 0.6 is 0 Å². The molecule has 168 valence electrons. The minimum Gasteiger partial charge on any atom is -0.504 e. The van der Waals surface area contributed by atoms with E-state index < -0.39 is 6.04 Å². The van der Waals surface area contributed by atoms with Gasteiger partial charge in [-0.2, -0.15) is 0 Å². The molecule has 1 fully saturated rings. The average molecular weight is 437 g/mol. The first kappa shape index (κ1) is 20.7. The SMILES string of the molecule is COc1cc(C2C3=C(OC4CC(C)CC(C)C4C3=O)C(=O)N2Cc2ccco2)ccc1O. The molecule has 1 aliphatic carbocycles. The number of furan rings is 1. The number of carbonyl (C=O) groups is 2. The summed E-state index contributed by atoms with van der Waals surface area (Å²) in [5, 5.41) is 10.1. The number of amides is 1. The van der Waals surface area contributed by atoms with E-state index >= 15 is 0 Å². The molecule has 0 spiro atoms. The highest BCUT2D eigenvalue weighted by Crippen LogP contribution is 2.50. The largest absolute Gasteiger partial charge is 0.504 e. The summed E-state index contributed by atoms with van der Waals surface area (Å²) >= 11 is 0. The summed E-state index contributed by atoms with van der Waals surface area (Å²) in [5.74, 6) is 1.07. The maximum atomic E-state index is 13.8. The van der Waals surface area contributed by atoms with Crippen LogP contribution in [-0.2, 0) is 20.9 Å². The summed E-state index contributed by atoms with van der Waals surface area (Å²) in [6.07, 6.45) is 3.00. The number of ketones is 1. The molecule has 3 heterocycles. The van der Waals surface area contributed by atoms with E-state index in [1.807, 2.05) is 0 Å². The lowest BCUT2D eigenvalue weighted by atomic mass is 9.69. The van der Waals surface area contributed by atoms with E-state index in [0.29, 0.717) is 22.8 Å². The lowest BCUT2D eigenvalue weighted by Crippen LogP contribution is -2.45. The zero-order chi connectivity index (χ0) is 22.6. The Hall–Kier alpha value is -3.22. The first-order valence-corrected chi connectivity index (χ1v) is 11.0. The van der Waals surface area contributed by atoms with Gasteiger partial charge in [-0.15, -0.1) is 0 Å². The predicted molar refractivity (Wildman–Crippen MR) is 115 cm³/mol. The third-order valence-corrected chi connectivity index (χ3v) is 6.97. The molecule has 2 aliphatic heterocycles. The van der Waals surface area contributed by atoms with E-state index in [2.05, 4.69) is 13.8 Å². The molecular weight excluding hydrogens is 410 g/mol. The second-order valence-electron chi connectivity index (χ2n) is 9.19. The summed E-state index contributed by atoms with van der Waals surface area (Å²) < 4.78 is 17.1. The van der Waals surface area contributed by atoms with E-state index in [4.69, 9.17) is 13.9 Å².